The summed E-state index contributed by atoms with van der Waals surface area (Å²) in [5, 5.41) is 1.86. The van der Waals surface area contributed by atoms with Gasteiger partial charge in [-0.25, -0.2) is 4.39 Å². The first-order valence-corrected chi connectivity index (χ1v) is 4.90. The third-order valence-corrected chi connectivity index (χ3v) is 2.64. The highest BCUT2D eigenvalue weighted by Gasteiger charge is 2.10. The summed E-state index contributed by atoms with van der Waals surface area (Å²) in [4.78, 5) is 0. The van der Waals surface area contributed by atoms with Crippen LogP contribution >= 0.6 is 11.6 Å². The van der Waals surface area contributed by atoms with Crippen LogP contribution < -0.4 is 0 Å². The Kier molecular flexibility index (Phi) is 1.73. The summed E-state index contributed by atoms with van der Waals surface area (Å²) < 4.78 is 19.0. The fraction of sp³-hybridized carbons (Fsp3) is 0. The third kappa shape index (κ3) is 1.22. The van der Waals surface area contributed by atoms with Crippen molar-refractivity contribution in [1.29, 1.82) is 0 Å². The van der Waals surface area contributed by atoms with E-state index < -0.39 is 0 Å². The predicted molar refractivity (Wildman–Crippen MR) is 58.7 cm³/mol. The molecule has 0 saturated heterocycles. The normalized spacial score (nSPS) is 11.3. The second-order valence-electron chi connectivity index (χ2n) is 3.36. The van der Waals surface area contributed by atoms with Gasteiger partial charge in [-0.15, -0.1) is 0 Å². The first-order valence-electron chi connectivity index (χ1n) is 4.52. The van der Waals surface area contributed by atoms with Crippen LogP contribution in [-0.4, -0.2) is 0 Å². The maximum atomic E-state index is 13.6. The molecule has 0 fully saturated rings. The number of rotatable bonds is 0. The largest absolute Gasteiger partial charge is 0.456 e. The molecular weight excluding hydrogens is 215 g/mol. The summed E-state index contributed by atoms with van der Waals surface area (Å²) in [7, 11) is 0. The fourth-order valence-corrected chi connectivity index (χ4v) is 1.92. The first-order chi connectivity index (χ1) is 7.25. The van der Waals surface area contributed by atoms with Crippen molar-refractivity contribution in [3.05, 3.63) is 47.2 Å². The smallest absolute Gasteiger partial charge is 0.138 e. The van der Waals surface area contributed by atoms with Crippen LogP contribution in [0.1, 0.15) is 0 Å². The van der Waals surface area contributed by atoms with Gasteiger partial charge < -0.3 is 4.42 Å². The van der Waals surface area contributed by atoms with Gasteiger partial charge in [0.1, 0.15) is 17.0 Å². The first kappa shape index (κ1) is 8.74. The van der Waals surface area contributed by atoms with Crippen LogP contribution in [0.4, 0.5) is 4.39 Å². The molecule has 0 saturated carbocycles. The molecule has 3 aromatic rings. The maximum absolute atomic E-state index is 13.6. The molecule has 0 bridgehead atoms. The zero-order valence-electron chi connectivity index (χ0n) is 7.63. The quantitative estimate of drug-likeness (QED) is 0.548. The lowest BCUT2D eigenvalue weighted by Crippen LogP contribution is -1.73. The van der Waals surface area contributed by atoms with Gasteiger partial charge >= 0.3 is 0 Å². The van der Waals surface area contributed by atoms with Gasteiger partial charge in [0.2, 0.25) is 0 Å². The molecule has 0 amide bonds. The van der Waals surface area contributed by atoms with Gasteiger partial charge in [0.05, 0.1) is 5.39 Å². The molecule has 3 rings (SSSR count). The van der Waals surface area contributed by atoms with Gasteiger partial charge in [0.25, 0.3) is 0 Å². The molecule has 0 aliphatic carbocycles. The molecule has 0 aliphatic rings. The molecule has 15 heavy (non-hydrogen) atoms. The van der Waals surface area contributed by atoms with Gasteiger partial charge in [-0.2, -0.15) is 0 Å². The second kappa shape index (κ2) is 2.97. The lowest BCUT2D eigenvalue weighted by atomic mass is 10.1. The van der Waals surface area contributed by atoms with Crippen LogP contribution in [-0.2, 0) is 0 Å². The Bertz CT molecular complexity index is 657. The molecular formula is C12H6ClFO. The van der Waals surface area contributed by atoms with Crippen molar-refractivity contribution in [1.82, 2.24) is 0 Å². The molecule has 74 valence electrons. The van der Waals surface area contributed by atoms with Crippen molar-refractivity contribution in [2.45, 2.75) is 0 Å². The summed E-state index contributed by atoms with van der Waals surface area (Å²) in [6, 6.07) is 9.98. The monoisotopic (exact) mass is 220 g/mol. The number of fused-ring (bicyclic) bond motifs is 3. The Morgan fingerprint density at radius 2 is 1.93 bits per heavy atom. The van der Waals surface area contributed by atoms with E-state index in [-0.39, 0.29) is 5.82 Å². The minimum Gasteiger partial charge on any atom is -0.456 e. The van der Waals surface area contributed by atoms with Gasteiger partial charge in [0, 0.05) is 16.5 Å². The minimum atomic E-state index is -0.270. The van der Waals surface area contributed by atoms with Crippen LogP contribution in [0.2, 0.25) is 5.02 Å². The van der Waals surface area contributed by atoms with Crippen LogP contribution in [0.3, 0.4) is 0 Å². The summed E-state index contributed by atoms with van der Waals surface area (Å²) in [6.45, 7) is 0. The SMILES string of the molecule is Fc1cccc2oc3cc(Cl)ccc3c12. The molecule has 0 radical (unpaired) electrons. The fourth-order valence-electron chi connectivity index (χ4n) is 1.76. The number of hydrogen-bond acceptors (Lipinski definition) is 1. The van der Waals surface area contributed by atoms with Crippen molar-refractivity contribution in [3.8, 4) is 0 Å². The van der Waals surface area contributed by atoms with E-state index >= 15 is 0 Å². The molecule has 1 heterocycles. The Morgan fingerprint density at radius 3 is 2.80 bits per heavy atom. The van der Waals surface area contributed by atoms with Gasteiger partial charge in [-0.1, -0.05) is 17.7 Å². The average Bonchev–Trinajstić information content (AvgIpc) is 2.56. The molecule has 0 atom stereocenters. The zero-order chi connectivity index (χ0) is 10.4. The van der Waals surface area contributed by atoms with Crippen molar-refractivity contribution in [3.63, 3.8) is 0 Å². The molecule has 0 unspecified atom stereocenters. The highest BCUT2D eigenvalue weighted by Crippen LogP contribution is 2.31. The van der Waals surface area contributed by atoms with Crippen molar-refractivity contribution in [2.24, 2.45) is 0 Å². The number of furan rings is 1. The van der Waals surface area contributed by atoms with Crippen molar-refractivity contribution < 1.29 is 8.81 Å². The molecule has 1 nitrogen and oxygen atoms in total. The van der Waals surface area contributed by atoms with Crippen LogP contribution in [0.25, 0.3) is 21.9 Å². The summed E-state index contributed by atoms with van der Waals surface area (Å²) in [5.74, 6) is -0.270. The molecule has 0 spiro atoms. The van der Waals surface area contributed by atoms with E-state index in [9.17, 15) is 4.39 Å². The number of halogens is 2. The van der Waals surface area contributed by atoms with Crippen molar-refractivity contribution in [2.75, 3.05) is 0 Å². The Labute approximate surface area is 90.1 Å². The van der Waals surface area contributed by atoms with Crippen LogP contribution in [0, 0.1) is 5.82 Å². The van der Waals surface area contributed by atoms with E-state index in [4.69, 9.17) is 16.0 Å². The van der Waals surface area contributed by atoms with E-state index in [1.807, 2.05) is 0 Å². The second-order valence-corrected chi connectivity index (χ2v) is 3.79. The number of benzene rings is 2. The van der Waals surface area contributed by atoms with E-state index in [2.05, 4.69) is 0 Å². The molecule has 2 aromatic carbocycles. The maximum Gasteiger partial charge on any atom is 0.138 e. The van der Waals surface area contributed by atoms with Crippen LogP contribution in [0.5, 0.6) is 0 Å². The lowest BCUT2D eigenvalue weighted by Gasteiger charge is -1.91. The topological polar surface area (TPSA) is 13.1 Å². The predicted octanol–water partition coefficient (Wildman–Crippen LogP) is 4.38. The summed E-state index contributed by atoms with van der Waals surface area (Å²) in [6.07, 6.45) is 0. The van der Waals surface area contributed by atoms with E-state index in [0.29, 0.717) is 21.6 Å². The highest BCUT2D eigenvalue weighted by atomic mass is 35.5. The highest BCUT2D eigenvalue weighted by molar-refractivity contribution is 6.31. The summed E-state index contributed by atoms with van der Waals surface area (Å²) in [5.41, 5.74) is 1.16. The zero-order valence-corrected chi connectivity index (χ0v) is 8.38. The van der Waals surface area contributed by atoms with Gasteiger partial charge in [-0.05, 0) is 24.3 Å². The molecule has 0 N–H and O–H groups in total. The van der Waals surface area contributed by atoms with Gasteiger partial charge in [0.15, 0.2) is 0 Å². The third-order valence-electron chi connectivity index (χ3n) is 2.41. The standard InChI is InChI=1S/C12H6ClFO/c13-7-4-5-8-11(6-7)15-10-3-1-2-9(14)12(8)10/h1-6H. The molecule has 1 aromatic heterocycles. The Balaban J connectivity index is 2.59. The van der Waals surface area contributed by atoms with Crippen molar-refractivity contribution >= 4 is 33.5 Å². The average molecular weight is 221 g/mol. The summed E-state index contributed by atoms with van der Waals surface area (Å²) >= 11 is 5.83. The Hall–Kier alpha value is -1.54. The van der Waals surface area contributed by atoms with Crippen LogP contribution in [0.15, 0.2) is 40.8 Å². The van der Waals surface area contributed by atoms with E-state index in [1.165, 1.54) is 6.07 Å². The molecule has 3 heteroatoms. The number of hydrogen-bond donors (Lipinski definition) is 0. The molecule has 0 aliphatic heterocycles. The van der Waals surface area contributed by atoms with E-state index in [1.54, 1.807) is 30.3 Å². The lowest BCUT2D eigenvalue weighted by molar-refractivity contribution is 0.634. The van der Waals surface area contributed by atoms with Gasteiger partial charge in [-0.3, -0.25) is 0 Å². The van der Waals surface area contributed by atoms with E-state index in [0.717, 1.165) is 5.39 Å². The minimum absolute atomic E-state index is 0.270. The Morgan fingerprint density at radius 1 is 1.07 bits per heavy atom.